The van der Waals surface area contributed by atoms with Gasteiger partial charge in [-0.1, -0.05) is 17.7 Å². The third-order valence-corrected chi connectivity index (χ3v) is 4.58. The fraction of sp³-hybridized carbons (Fsp3) is 0.650. The van der Waals surface area contributed by atoms with E-state index in [9.17, 15) is 4.79 Å². The lowest BCUT2D eigenvalue weighted by Crippen LogP contribution is -2.43. The summed E-state index contributed by atoms with van der Waals surface area (Å²) in [4.78, 5) is 13.9. The molecule has 1 aliphatic heterocycles. The van der Waals surface area contributed by atoms with Gasteiger partial charge in [0.15, 0.2) is 0 Å². The highest BCUT2D eigenvalue weighted by molar-refractivity contribution is 6.30. The Morgan fingerprint density at radius 1 is 1.31 bits per heavy atom. The molecule has 5 nitrogen and oxygen atoms in total. The van der Waals surface area contributed by atoms with Gasteiger partial charge >= 0.3 is 6.09 Å². The van der Waals surface area contributed by atoms with E-state index in [0.29, 0.717) is 17.5 Å². The Kier molecular flexibility index (Phi) is 7.59. The molecule has 0 spiro atoms. The summed E-state index contributed by atoms with van der Waals surface area (Å²) >= 11 is 6.04. The Balaban J connectivity index is 1.75. The van der Waals surface area contributed by atoms with E-state index in [0.717, 1.165) is 50.3 Å². The number of nitrogens with one attached hydrogen (secondary N) is 1. The number of piperidine rings is 1. The fourth-order valence-electron chi connectivity index (χ4n) is 3.02. The molecule has 1 aliphatic rings. The maximum absolute atomic E-state index is 12.1. The van der Waals surface area contributed by atoms with E-state index >= 15 is 0 Å². The van der Waals surface area contributed by atoms with Gasteiger partial charge in [-0.2, -0.15) is 0 Å². The first-order valence-electron chi connectivity index (χ1n) is 9.38. The zero-order chi connectivity index (χ0) is 19.2. The second kappa shape index (κ2) is 9.47. The number of carbonyl (C=O) groups excluding carboxylic acids is 1. The number of halogens is 1. The Morgan fingerprint density at radius 3 is 2.62 bits per heavy atom. The van der Waals surface area contributed by atoms with E-state index in [4.69, 9.17) is 21.1 Å². The van der Waals surface area contributed by atoms with E-state index in [2.05, 4.69) is 5.32 Å². The zero-order valence-corrected chi connectivity index (χ0v) is 17.1. The molecule has 0 unspecified atom stereocenters. The maximum Gasteiger partial charge on any atom is 0.410 e. The van der Waals surface area contributed by atoms with Crippen molar-refractivity contribution in [3.8, 4) is 5.75 Å². The lowest BCUT2D eigenvalue weighted by atomic mass is 9.97. The number of ether oxygens (including phenoxy) is 2. The molecule has 1 saturated heterocycles. The topological polar surface area (TPSA) is 50.8 Å². The summed E-state index contributed by atoms with van der Waals surface area (Å²) in [6.45, 7) is 11.5. The number of benzene rings is 1. The molecule has 0 saturated carbocycles. The van der Waals surface area contributed by atoms with Crippen LogP contribution in [0.3, 0.4) is 0 Å². The average Bonchev–Trinajstić information content (AvgIpc) is 2.56. The standard InChI is InChI=1S/C20H31ClN2O3/c1-5-25-18-12-17(21)7-6-16(18)14-22-13-15-8-10-23(11-9-15)19(24)26-20(2,3)4/h6-7,12,15,22H,5,8-11,13-14H2,1-4H3. The van der Waals surface area contributed by atoms with Crippen LogP contribution in [-0.2, 0) is 11.3 Å². The number of rotatable bonds is 6. The van der Waals surface area contributed by atoms with Crippen molar-refractivity contribution in [2.24, 2.45) is 5.92 Å². The van der Waals surface area contributed by atoms with Gasteiger partial charge in [-0.25, -0.2) is 4.79 Å². The number of amides is 1. The normalized spacial score (nSPS) is 15.8. The van der Waals surface area contributed by atoms with Gasteiger partial charge < -0.3 is 19.7 Å². The van der Waals surface area contributed by atoms with Gasteiger partial charge in [0.1, 0.15) is 11.4 Å². The molecular weight excluding hydrogens is 352 g/mol. The first-order valence-corrected chi connectivity index (χ1v) is 9.76. The van der Waals surface area contributed by atoms with Crippen molar-refractivity contribution in [1.29, 1.82) is 0 Å². The van der Waals surface area contributed by atoms with Crippen LogP contribution in [0.25, 0.3) is 0 Å². The van der Waals surface area contributed by atoms with Crippen molar-refractivity contribution < 1.29 is 14.3 Å². The first-order chi connectivity index (χ1) is 12.3. The molecule has 1 N–H and O–H groups in total. The second-order valence-corrected chi connectivity index (χ2v) is 8.16. The molecule has 0 bridgehead atoms. The smallest absolute Gasteiger partial charge is 0.410 e. The maximum atomic E-state index is 12.1. The van der Waals surface area contributed by atoms with Gasteiger partial charge in [-0.15, -0.1) is 0 Å². The summed E-state index contributed by atoms with van der Waals surface area (Å²) in [5.74, 6) is 1.41. The monoisotopic (exact) mass is 382 g/mol. The summed E-state index contributed by atoms with van der Waals surface area (Å²) in [7, 11) is 0. The van der Waals surface area contributed by atoms with Crippen molar-refractivity contribution in [3.63, 3.8) is 0 Å². The Hall–Kier alpha value is -1.46. The largest absolute Gasteiger partial charge is 0.493 e. The van der Waals surface area contributed by atoms with Crippen LogP contribution in [0.5, 0.6) is 5.75 Å². The van der Waals surface area contributed by atoms with Crippen molar-refractivity contribution >= 4 is 17.7 Å². The van der Waals surface area contributed by atoms with Crippen molar-refractivity contribution in [1.82, 2.24) is 10.2 Å². The van der Waals surface area contributed by atoms with Crippen molar-refractivity contribution in [2.75, 3.05) is 26.2 Å². The summed E-state index contributed by atoms with van der Waals surface area (Å²) < 4.78 is 11.1. The van der Waals surface area contributed by atoms with Crippen LogP contribution in [0.1, 0.15) is 46.1 Å². The van der Waals surface area contributed by atoms with Gasteiger partial charge in [0, 0.05) is 30.2 Å². The lowest BCUT2D eigenvalue weighted by Gasteiger charge is -2.33. The molecule has 146 valence electrons. The molecule has 1 fully saturated rings. The minimum absolute atomic E-state index is 0.202. The van der Waals surface area contributed by atoms with E-state index in [1.165, 1.54) is 0 Å². The molecule has 2 rings (SSSR count). The molecular formula is C20H31ClN2O3. The van der Waals surface area contributed by atoms with Crippen LogP contribution >= 0.6 is 11.6 Å². The molecule has 6 heteroatoms. The van der Waals surface area contributed by atoms with E-state index < -0.39 is 5.60 Å². The highest BCUT2D eigenvalue weighted by Gasteiger charge is 2.26. The lowest BCUT2D eigenvalue weighted by molar-refractivity contribution is 0.0184. The number of nitrogens with zero attached hydrogens (tertiary/aromatic N) is 1. The molecule has 1 aromatic carbocycles. The Bertz CT molecular complexity index is 593. The summed E-state index contributed by atoms with van der Waals surface area (Å²) in [5.41, 5.74) is 0.675. The Labute approximate surface area is 162 Å². The highest BCUT2D eigenvalue weighted by Crippen LogP contribution is 2.24. The van der Waals surface area contributed by atoms with Gasteiger partial charge in [0.2, 0.25) is 0 Å². The van der Waals surface area contributed by atoms with Crippen LogP contribution in [0.15, 0.2) is 18.2 Å². The third-order valence-electron chi connectivity index (χ3n) is 4.34. The molecule has 1 heterocycles. The molecule has 0 atom stereocenters. The SMILES string of the molecule is CCOc1cc(Cl)ccc1CNCC1CCN(C(=O)OC(C)(C)C)CC1. The van der Waals surface area contributed by atoms with Crippen LogP contribution in [0, 0.1) is 5.92 Å². The summed E-state index contributed by atoms with van der Waals surface area (Å²) in [6.07, 6.45) is 1.78. The van der Waals surface area contributed by atoms with Gasteiger partial charge in [-0.3, -0.25) is 0 Å². The highest BCUT2D eigenvalue weighted by atomic mass is 35.5. The second-order valence-electron chi connectivity index (χ2n) is 7.73. The predicted molar refractivity (Wildman–Crippen MR) is 105 cm³/mol. The average molecular weight is 383 g/mol. The van der Waals surface area contributed by atoms with Gasteiger partial charge in [0.25, 0.3) is 0 Å². The van der Waals surface area contributed by atoms with E-state index in [1.807, 2.05) is 50.8 Å². The molecule has 0 radical (unpaired) electrons. The molecule has 1 amide bonds. The number of likely N-dealkylation sites (tertiary alicyclic amines) is 1. The third kappa shape index (κ3) is 6.69. The summed E-state index contributed by atoms with van der Waals surface area (Å²) in [5, 5.41) is 4.20. The molecule has 26 heavy (non-hydrogen) atoms. The van der Waals surface area contributed by atoms with E-state index in [-0.39, 0.29) is 6.09 Å². The van der Waals surface area contributed by atoms with Crippen molar-refractivity contribution in [3.05, 3.63) is 28.8 Å². The predicted octanol–water partition coefficient (Wildman–Crippen LogP) is 4.48. The number of hydrogen-bond acceptors (Lipinski definition) is 4. The minimum Gasteiger partial charge on any atom is -0.493 e. The minimum atomic E-state index is -0.438. The molecule has 1 aromatic rings. The Morgan fingerprint density at radius 2 is 2.00 bits per heavy atom. The summed E-state index contributed by atoms with van der Waals surface area (Å²) in [6, 6.07) is 5.76. The van der Waals surface area contributed by atoms with Crippen LogP contribution in [0.4, 0.5) is 4.79 Å². The van der Waals surface area contributed by atoms with Gasteiger partial charge in [0.05, 0.1) is 6.61 Å². The van der Waals surface area contributed by atoms with Crippen LogP contribution < -0.4 is 10.1 Å². The van der Waals surface area contributed by atoms with Crippen molar-refractivity contribution in [2.45, 2.75) is 52.7 Å². The molecule has 0 aromatic heterocycles. The van der Waals surface area contributed by atoms with Gasteiger partial charge in [-0.05, 0) is 65.1 Å². The zero-order valence-electron chi connectivity index (χ0n) is 16.3. The van der Waals surface area contributed by atoms with Crippen LogP contribution in [-0.4, -0.2) is 42.8 Å². The molecule has 0 aliphatic carbocycles. The number of carbonyl (C=O) groups is 1. The fourth-order valence-corrected chi connectivity index (χ4v) is 3.18. The quantitative estimate of drug-likeness (QED) is 0.788. The van der Waals surface area contributed by atoms with Crippen LogP contribution in [0.2, 0.25) is 5.02 Å². The first kappa shape index (κ1) is 20.8. The van der Waals surface area contributed by atoms with E-state index in [1.54, 1.807) is 0 Å². The number of hydrogen-bond donors (Lipinski definition) is 1.